The molecule has 0 spiro atoms. The van der Waals surface area contributed by atoms with Crippen molar-refractivity contribution in [3.8, 4) is 0 Å². The molecule has 0 saturated carbocycles. The van der Waals surface area contributed by atoms with Crippen LogP contribution in [-0.2, 0) is 19.9 Å². The van der Waals surface area contributed by atoms with Crippen LogP contribution in [0.25, 0.3) is 10.9 Å². The summed E-state index contributed by atoms with van der Waals surface area (Å²) >= 11 is 0. The highest BCUT2D eigenvalue weighted by Gasteiger charge is 2.28. The van der Waals surface area contributed by atoms with Gasteiger partial charge in [-0.05, 0) is 50.6 Å². The van der Waals surface area contributed by atoms with Gasteiger partial charge in [0.1, 0.15) is 10.7 Å². The van der Waals surface area contributed by atoms with Crippen molar-refractivity contribution in [2.45, 2.75) is 35.5 Å². The predicted octanol–water partition coefficient (Wildman–Crippen LogP) is 4.23. The second-order valence-electron chi connectivity index (χ2n) is 7.69. The summed E-state index contributed by atoms with van der Waals surface area (Å²) in [7, 11) is -7.88. The molecule has 32 heavy (non-hydrogen) atoms. The molecule has 0 aliphatic carbocycles. The molecule has 1 heterocycles. The highest BCUT2D eigenvalue weighted by Crippen LogP contribution is 2.36. The molecule has 0 atom stereocenters. The van der Waals surface area contributed by atoms with Crippen molar-refractivity contribution >= 4 is 36.6 Å². The summed E-state index contributed by atoms with van der Waals surface area (Å²) in [6, 6.07) is 18.2. The lowest BCUT2D eigenvalue weighted by atomic mass is 10.2. The second kappa shape index (κ2) is 8.09. The molecule has 0 radical (unpaired) electrons. The van der Waals surface area contributed by atoms with Gasteiger partial charge >= 0.3 is 0 Å². The zero-order valence-corrected chi connectivity index (χ0v) is 19.4. The number of aryl methyl sites for hydroxylation is 3. The van der Waals surface area contributed by atoms with E-state index in [1.165, 1.54) is 12.1 Å². The molecular formula is C23H23N3O4S2. The largest absolute Gasteiger partial charge is 0.339 e. The summed E-state index contributed by atoms with van der Waals surface area (Å²) in [6.45, 7) is 5.58. The van der Waals surface area contributed by atoms with Gasteiger partial charge in [0, 0.05) is 5.39 Å². The quantitative estimate of drug-likeness (QED) is 0.366. The summed E-state index contributed by atoms with van der Waals surface area (Å²) in [5.41, 5.74) is 5.89. The fraction of sp³-hybridized carbons (Fsp3) is 0.130. The number of sulfone groups is 1. The normalized spacial score (nSPS) is 12.2. The van der Waals surface area contributed by atoms with Crippen molar-refractivity contribution < 1.29 is 16.8 Å². The number of H-pyrrole nitrogens is 1. The Bertz CT molecular complexity index is 1500. The van der Waals surface area contributed by atoms with Crippen molar-refractivity contribution in [1.82, 2.24) is 9.82 Å². The third kappa shape index (κ3) is 4.02. The molecule has 0 aliphatic heterocycles. The maximum atomic E-state index is 13.5. The maximum absolute atomic E-state index is 13.5. The molecule has 0 bridgehead atoms. The van der Waals surface area contributed by atoms with E-state index in [9.17, 15) is 16.8 Å². The number of benzene rings is 3. The van der Waals surface area contributed by atoms with Crippen molar-refractivity contribution in [1.29, 1.82) is 0 Å². The van der Waals surface area contributed by atoms with Crippen LogP contribution in [0.15, 0.2) is 81.4 Å². The number of anilines is 1. The van der Waals surface area contributed by atoms with E-state index in [4.69, 9.17) is 0 Å². The van der Waals surface area contributed by atoms with Gasteiger partial charge < -0.3 is 4.98 Å². The molecule has 0 amide bonds. The van der Waals surface area contributed by atoms with Gasteiger partial charge in [-0.15, -0.1) is 4.83 Å². The number of sulfonamides is 1. The van der Waals surface area contributed by atoms with E-state index in [1.54, 1.807) is 48.5 Å². The minimum Gasteiger partial charge on any atom is -0.339 e. The Kier molecular flexibility index (Phi) is 5.58. The Morgan fingerprint density at radius 3 is 1.88 bits per heavy atom. The SMILES string of the molecule is Cc1ccc(S(=O)(=O)NNc2[nH]c3c(C)cccc3c2S(=O)(=O)c2ccc(C)cc2)cc1. The van der Waals surface area contributed by atoms with E-state index < -0.39 is 19.9 Å². The molecule has 7 nitrogen and oxygen atoms in total. The molecule has 1 aromatic heterocycles. The number of nitrogens with one attached hydrogen (secondary N) is 3. The fourth-order valence-corrected chi connectivity index (χ4v) is 5.85. The van der Waals surface area contributed by atoms with Gasteiger partial charge in [-0.1, -0.05) is 53.6 Å². The first-order valence-corrected chi connectivity index (χ1v) is 12.8. The van der Waals surface area contributed by atoms with Crippen LogP contribution < -0.4 is 10.3 Å². The summed E-state index contributed by atoms with van der Waals surface area (Å²) in [6.07, 6.45) is 0. The van der Waals surface area contributed by atoms with Crippen molar-refractivity contribution in [3.63, 3.8) is 0 Å². The fourth-order valence-electron chi connectivity index (χ4n) is 3.44. The van der Waals surface area contributed by atoms with Crippen molar-refractivity contribution in [2.75, 3.05) is 5.43 Å². The molecule has 4 aromatic rings. The lowest BCUT2D eigenvalue weighted by molar-refractivity contribution is 0.586. The molecule has 0 fully saturated rings. The first-order valence-electron chi connectivity index (χ1n) is 9.87. The zero-order chi connectivity index (χ0) is 23.1. The van der Waals surface area contributed by atoms with Crippen LogP contribution in [0.3, 0.4) is 0 Å². The highest BCUT2D eigenvalue weighted by atomic mass is 32.2. The van der Waals surface area contributed by atoms with E-state index >= 15 is 0 Å². The topological polar surface area (TPSA) is 108 Å². The number of hydrazine groups is 1. The predicted molar refractivity (Wildman–Crippen MR) is 125 cm³/mol. The first kappa shape index (κ1) is 22.1. The molecule has 0 aliphatic rings. The van der Waals surface area contributed by atoms with Crippen LogP contribution in [0, 0.1) is 20.8 Å². The van der Waals surface area contributed by atoms with Gasteiger partial charge in [0.15, 0.2) is 0 Å². The van der Waals surface area contributed by atoms with E-state index in [1.807, 2.05) is 26.8 Å². The smallest absolute Gasteiger partial charge is 0.257 e. The summed E-state index contributed by atoms with van der Waals surface area (Å²) in [5, 5.41) is 0.475. The lowest BCUT2D eigenvalue weighted by Crippen LogP contribution is -2.30. The number of fused-ring (bicyclic) bond motifs is 1. The molecule has 4 rings (SSSR count). The number of rotatable bonds is 6. The van der Waals surface area contributed by atoms with Crippen molar-refractivity contribution in [3.05, 3.63) is 83.4 Å². The average Bonchev–Trinajstić information content (AvgIpc) is 3.14. The Hall–Kier alpha value is -3.14. The Morgan fingerprint density at radius 2 is 1.28 bits per heavy atom. The summed E-state index contributed by atoms with van der Waals surface area (Å²) in [4.78, 5) is 5.49. The minimum absolute atomic E-state index is 0.0216. The van der Waals surface area contributed by atoms with Gasteiger partial charge in [-0.25, -0.2) is 16.8 Å². The van der Waals surface area contributed by atoms with E-state index in [0.29, 0.717) is 10.9 Å². The van der Waals surface area contributed by atoms with Crippen LogP contribution in [0.2, 0.25) is 0 Å². The molecule has 0 unspecified atom stereocenters. The Morgan fingerprint density at radius 1 is 0.719 bits per heavy atom. The van der Waals surface area contributed by atoms with Crippen molar-refractivity contribution in [2.24, 2.45) is 0 Å². The number of hydrogen-bond donors (Lipinski definition) is 3. The highest BCUT2D eigenvalue weighted by molar-refractivity contribution is 7.92. The van der Waals surface area contributed by atoms with Gasteiger partial charge in [0.2, 0.25) is 9.84 Å². The number of hydrogen-bond acceptors (Lipinski definition) is 5. The average molecular weight is 470 g/mol. The molecule has 3 N–H and O–H groups in total. The monoisotopic (exact) mass is 469 g/mol. The lowest BCUT2D eigenvalue weighted by Gasteiger charge is -2.11. The Balaban J connectivity index is 1.80. The number of aromatic nitrogens is 1. The summed E-state index contributed by atoms with van der Waals surface area (Å²) < 4.78 is 52.6. The van der Waals surface area contributed by atoms with Crippen LogP contribution in [-0.4, -0.2) is 21.8 Å². The minimum atomic E-state index is -3.95. The Labute approximate surface area is 187 Å². The van der Waals surface area contributed by atoms with Crippen LogP contribution in [0.5, 0.6) is 0 Å². The van der Waals surface area contributed by atoms with Gasteiger partial charge in [0.05, 0.1) is 15.3 Å². The van der Waals surface area contributed by atoms with Crippen LogP contribution >= 0.6 is 0 Å². The van der Waals surface area contributed by atoms with E-state index in [-0.39, 0.29) is 20.5 Å². The third-order valence-corrected chi connectivity index (χ3v) is 8.35. The van der Waals surface area contributed by atoms with Gasteiger partial charge in [-0.3, -0.25) is 5.43 Å². The molecule has 3 aromatic carbocycles. The molecule has 9 heteroatoms. The first-order chi connectivity index (χ1) is 15.1. The number of para-hydroxylation sites is 1. The summed E-state index contributed by atoms with van der Waals surface area (Å²) in [5.74, 6) is 0.0468. The molecule has 0 saturated heterocycles. The van der Waals surface area contributed by atoms with Gasteiger partial charge in [-0.2, -0.15) is 0 Å². The molecule has 166 valence electrons. The standard InChI is InChI=1S/C23H23N3O4S2/c1-15-7-11-18(12-8-15)31(27,28)22-20-6-4-5-17(3)21(20)24-23(22)25-26-32(29,30)19-13-9-16(2)10-14-19/h4-14,24-26H,1-3H3. The van der Waals surface area contributed by atoms with Gasteiger partial charge in [0.25, 0.3) is 10.0 Å². The van der Waals surface area contributed by atoms with E-state index in [2.05, 4.69) is 15.2 Å². The third-order valence-electron chi connectivity index (χ3n) is 5.24. The maximum Gasteiger partial charge on any atom is 0.257 e. The van der Waals surface area contributed by atoms with Crippen LogP contribution in [0.1, 0.15) is 16.7 Å². The van der Waals surface area contributed by atoms with Crippen LogP contribution in [0.4, 0.5) is 5.82 Å². The molecular weight excluding hydrogens is 446 g/mol. The zero-order valence-electron chi connectivity index (χ0n) is 17.8. The number of aromatic amines is 1. The second-order valence-corrected chi connectivity index (χ2v) is 11.3. The van der Waals surface area contributed by atoms with E-state index in [0.717, 1.165) is 16.7 Å².